The molecule has 6 heteroatoms. The monoisotopic (exact) mass is 382 g/mol. The molecule has 1 saturated heterocycles. The summed E-state index contributed by atoms with van der Waals surface area (Å²) in [5.74, 6) is 0. The zero-order valence-corrected chi connectivity index (χ0v) is 16.6. The molecule has 1 unspecified atom stereocenters. The van der Waals surface area contributed by atoms with Crippen molar-refractivity contribution in [1.29, 1.82) is 0 Å². The Kier molecular flexibility index (Phi) is 5.53. The number of rotatable bonds is 6. The zero-order valence-electron chi connectivity index (χ0n) is 15.8. The van der Waals surface area contributed by atoms with Crippen molar-refractivity contribution in [3.8, 4) is 0 Å². The van der Waals surface area contributed by atoms with Gasteiger partial charge in [0.05, 0.1) is 0 Å². The summed E-state index contributed by atoms with van der Waals surface area (Å²) in [5.41, 5.74) is 2.19. The topological polar surface area (TPSA) is 50.5 Å². The Morgan fingerprint density at radius 1 is 1.19 bits per heavy atom. The molecule has 1 atom stereocenters. The van der Waals surface area contributed by atoms with Crippen LogP contribution >= 0.6 is 11.3 Å². The van der Waals surface area contributed by atoms with E-state index >= 15 is 0 Å². The predicted molar refractivity (Wildman–Crippen MR) is 111 cm³/mol. The minimum atomic E-state index is -0.0659. The van der Waals surface area contributed by atoms with Gasteiger partial charge in [0.1, 0.15) is 0 Å². The van der Waals surface area contributed by atoms with E-state index in [9.17, 15) is 4.79 Å². The first-order valence-corrected chi connectivity index (χ1v) is 10.8. The predicted octanol–water partition coefficient (Wildman–Crippen LogP) is 4.10. The minimum Gasteiger partial charge on any atom is -0.344 e. The molecule has 0 saturated carbocycles. The van der Waals surface area contributed by atoms with Crippen molar-refractivity contribution in [1.82, 2.24) is 14.6 Å². The van der Waals surface area contributed by atoms with Crippen LogP contribution in [0.2, 0.25) is 0 Å². The van der Waals surface area contributed by atoms with Gasteiger partial charge in [0.25, 0.3) is 5.56 Å². The van der Waals surface area contributed by atoms with Crippen LogP contribution < -0.4 is 10.5 Å². The number of benzene rings is 1. The van der Waals surface area contributed by atoms with Crippen LogP contribution in [0.1, 0.15) is 50.3 Å². The number of hydrogen-bond donors (Lipinski definition) is 0. The number of nitrogens with zero attached hydrogens (tertiary/aromatic N) is 4. The molecule has 0 aliphatic carbocycles. The summed E-state index contributed by atoms with van der Waals surface area (Å²) in [6.07, 6.45) is 7.65. The lowest BCUT2D eigenvalue weighted by molar-refractivity contribution is 0.436. The van der Waals surface area contributed by atoms with Crippen LogP contribution in [-0.4, -0.2) is 27.2 Å². The highest BCUT2D eigenvalue weighted by atomic mass is 32.1. The molecule has 0 amide bonds. The van der Waals surface area contributed by atoms with E-state index in [1.165, 1.54) is 29.3 Å². The molecule has 1 aromatic carbocycles. The second kappa shape index (κ2) is 8.21. The average molecular weight is 383 g/mol. The molecule has 5 nitrogen and oxygen atoms in total. The molecule has 3 aromatic rings. The first-order valence-electron chi connectivity index (χ1n) is 9.95. The van der Waals surface area contributed by atoms with Crippen LogP contribution in [-0.2, 0) is 12.8 Å². The van der Waals surface area contributed by atoms with Gasteiger partial charge in [-0.05, 0) is 44.1 Å². The third-order valence-electron chi connectivity index (χ3n) is 5.28. The fourth-order valence-electron chi connectivity index (χ4n) is 3.88. The van der Waals surface area contributed by atoms with E-state index in [2.05, 4.69) is 52.2 Å². The Labute approximate surface area is 163 Å². The molecule has 0 N–H and O–H groups in total. The number of piperidine rings is 1. The van der Waals surface area contributed by atoms with Gasteiger partial charge < -0.3 is 4.90 Å². The summed E-state index contributed by atoms with van der Waals surface area (Å²) < 4.78 is 1.47. The molecule has 27 heavy (non-hydrogen) atoms. The lowest BCUT2D eigenvalue weighted by Gasteiger charge is -2.35. The lowest BCUT2D eigenvalue weighted by Crippen LogP contribution is -2.40. The molecule has 0 bridgehead atoms. The maximum atomic E-state index is 12.4. The summed E-state index contributed by atoms with van der Waals surface area (Å²) in [7, 11) is 0. The average Bonchev–Trinajstić information content (AvgIpc) is 3.12. The molecule has 2 aromatic heterocycles. The van der Waals surface area contributed by atoms with Crippen LogP contribution in [0, 0.1) is 0 Å². The van der Waals surface area contributed by atoms with E-state index in [0.717, 1.165) is 43.1 Å². The summed E-state index contributed by atoms with van der Waals surface area (Å²) in [6.45, 7) is 3.11. The number of hydrogen-bond acceptors (Lipinski definition) is 5. The summed E-state index contributed by atoms with van der Waals surface area (Å²) in [4.78, 5) is 20.2. The lowest BCUT2D eigenvalue weighted by atomic mass is 9.96. The molecule has 0 spiro atoms. The second-order valence-electron chi connectivity index (χ2n) is 7.28. The van der Waals surface area contributed by atoms with Crippen molar-refractivity contribution < 1.29 is 0 Å². The minimum absolute atomic E-state index is 0.0659. The largest absolute Gasteiger partial charge is 0.344 e. The van der Waals surface area contributed by atoms with Crippen molar-refractivity contribution >= 4 is 21.4 Å². The SMILES string of the molecule is CCCc1cc(=O)n2nc(N3CCCCC3CCc3ccccc3)sc2n1. The van der Waals surface area contributed by atoms with E-state index in [4.69, 9.17) is 0 Å². The smallest absolute Gasteiger partial charge is 0.275 e. The second-order valence-corrected chi connectivity index (χ2v) is 8.22. The van der Waals surface area contributed by atoms with Gasteiger partial charge in [-0.2, -0.15) is 4.52 Å². The van der Waals surface area contributed by atoms with E-state index in [1.807, 2.05) is 0 Å². The van der Waals surface area contributed by atoms with Crippen LogP contribution in [0.25, 0.3) is 4.96 Å². The highest BCUT2D eigenvalue weighted by Crippen LogP contribution is 2.30. The molecule has 142 valence electrons. The summed E-state index contributed by atoms with van der Waals surface area (Å²) in [5, 5.41) is 5.56. The van der Waals surface area contributed by atoms with Gasteiger partial charge in [-0.15, -0.1) is 5.10 Å². The van der Waals surface area contributed by atoms with Gasteiger partial charge in [-0.1, -0.05) is 55.0 Å². The fourth-order valence-corrected chi connectivity index (χ4v) is 4.90. The first kappa shape index (κ1) is 18.2. The van der Waals surface area contributed by atoms with E-state index < -0.39 is 0 Å². The van der Waals surface area contributed by atoms with Crippen molar-refractivity contribution in [2.75, 3.05) is 11.4 Å². The van der Waals surface area contributed by atoms with E-state index in [-0.39, 0.29) is 5.56 Å². The van der Waals surface area contributed by atoms with Crippen LogP contribution in [0.4, 0.5) is 5.13 Å². The Hall–Kier alpha value is -2.21. The van der Waals surface area contributed by atoms with Gasteiger partial charge in [-0.25, -0.2) is 4.98 Å². The Balaban J connectivity index is 1.57. The number of fused-ring (bicyclic) bond motifs is 1. The molecule has 1 aliphatic rings. The van der Waals surface area contributed by atoms with Gasteiger partial charge in [0.2, 0.25) is 10.1 Å². The molecular weight excluding hydrogens is 356 g/mol. The van der Waals surface area contributed by atoms with Crippen LogP contribution in [0.5, 0.6) is 0 Å². The Morgan fingerprint density at radius 3 is 2.85 bits per heavy atom. The van der Waals surface area contributed by atoms with Gasteiger partial charge in [-0.3, -0.25) is 4.79 Å². The third kappa shape index (κ3) is 4.05. The number of aromatic nitrogens is 3. The van der Waals surface area contributed by atoms with Gasteiger partial charge >= 0.3 is 0 Å². The molecular formula is C21H26N4OS. The van der Waals surface area contributed by atoms with E-state index in [1.54, 1.807) is 17.4 Å². The normalized spacial score (nSPS) is 17.5. The fraction of sp³-hybridized carbons (Fsp3) is 0.476. The number of anilines is 1. The molecule has 4 rings (SSSR count). The Bertz CT molecular complexity index is 950. The molecule has 1 aliphatic heterocycles. The van der Waals surface area contributed by atoms with Crippen molar-refractivity contribution in [2.45, 2.75) is 57.9 Å². The molecule has 3 heterocycles. The first-order chi connectivity index (χ1) is 13.2. The third-order valence-corrected chi connectivity index (χ3v) is 6.22. The summed E-state index contributed by atoms with van der Waals surface area (Å²) in [6, 6.07) is 12.8. The zero-order chi connectivity index (χ0) is 18.6. The standard InChI is InChI=1S/C21H26N4OS/c1-2-8-17-15-19(26)25-20(22-17)27-21(23-25)24-14-7-6-11-18(24)13-12-16-9-4-3-5-10-16/h3-5,9-10,15,18H,2,6-8,11-14H2,1H3. The van der Waals surface area contributed by atoms with Gasteiger partial charge in [0.15, 0.2) is 0 Å². The van der Waals surface area contributed by atoms with Crippen molar-refractivity contribution in [3.63, 3.8) is 0 Å². The quantitative estimate of drug-likeness (QED) is 0.644. The molecule has 1 fully saturated rings. The highest BCUT2D eigenvalue weighted by Gasteiger charge is 2.25. The van der Waals surface area contributed by atoms with Crippen LogP contribution in [0.3, 0.4) is 0 Å². The van der Waals surface area contributed by atoms with Gasteiger partial charge in [0, 0.05) is 24.3 Å². The highest BCUT2D eigenvalue weighted by molar-refractivity contribution is 7.20. The molecule has 0 radical (unpaired) electrons. The van der Waals surface area contributed by atoms with Crippen LogP contribution in [0.15, 0.2) is 41.2 Å². The van der Waals surface area contributed by atoms with Crippen molar-refractivity contribution in [3.05, 3.63) is 58.0 Å². The van der Waals surface area contributed by atoms with E-state index in [0.29, 0.717) is 11.0 Å². The maximum Gasteiger partial charge on any atom is 0.275 e. The van der Waals surface area contributed by atoms with Crippen molar-refractivity contribution in [2.24, 2.45) is 0 Å². The number of aryl methyl sites for hydroxylation is 2. The Morgan fingerprint density at radius 2 is 2.04 bits per heavy atom. The maximum absolute atomic E-state index is 12.4. The summed E-state index contributed by atoms with van der Waals surface area (Å²) >= 11 is 1.55.